The Labute approximate surface area is 95.9 Å². The van der Waals surface area contributed by atoms with E-state index in [1.54, 1.807) is 6.33 Å². The average Bonchev–Trinajstić information content (AvgIpc) is 2.66. The zero-order chi connectivity index (χ0) is 11.6. The predicted octanol–water partition coefficient (Wildman–Crippen LogP) is 0.516. The minimum absolute atomic E-state index is 0.294. The van der Waals surface area contributed by atoms with Crippen molar-refractivity contribution in [2.24, 2.45) is 0 Å². The van der Waals surface area contributed by atoms with Crippen LogP contribution in [0.15, 0.2) is 6.33 Å². The Bertz CT molecular complexity index is 342. The number of rotatable bonds is 3. The highest BCUT2D eigenvalue weighted by molar-refractivity contribution is 4.97. The van der Waals surface area contributed by atoms with Crippen LogP contribution in [-0.2, 0) is 6.42 Å². The van der Waals surface area contributed by atoms with Gasteiger partial charge < -0.3 is 10.4 Å². The molecule has 5 nitrogen and oxygen atoms in total. The van der Waals surface area contributed by atoms with Gasteiger partial charge in [0, 0.05) is 12.5 Å². The second-order valence-corrected chi connectivity index (χ2v) is 4.87. The zero-order valence-electron chi connectivity index (χ0n) is 9.98. The van der Waals surface area contributed by atoms with Crippen molar-refractivity contribution in [3.05, 3.63) is 12.2 Å². The Morgan fingerprint density at radius 1 is 1.50 bits per heavy atom. The summed E-state index contributed by atoms with van der Waals surface area (Å²) in [4.78, 5) is 4.25. The molecule has 1 saturated heterocycles. The fourth-order valence-corrected chi connectivity index (χ4v) is 2.20. The molecule has 1 aromatic rings. The quantitative estimate of drug-likeness (QED) is 0.785. The van der Waals surface area contributed by atoms with Crippen LogP contribution in [0.1, 0.15) is 38.6 Å². The number of piperidine rings is 1. The normalized spacial score (nSPS) is 20.2. The van der Waals surface area contributed by atoms with E-state index in [0.29, 0.717) is 12.5 Å². The molecule has 0 bridgehead atoms. The summed E-state index contributed by atoms with van der Waals surface area (Å²) in [7, 11) is 0. The molecule has 0 radical (unpaired) electrons. The summed E-state index contributed by atoms with van der Waals surface area (Å²) in [5.41, 5.74) is -0.606. The number of hydrogen-bond donors (Lipinski definition) is 2. The maximum Gasteiger partial charge on any atom is 0.138 e. The van der Waals surface area contributed by atoms with Gasteiger partial charge in [0.25, 0.3) is 0 Å². The summed E-state index contributed by atoms with van der Waals surface area (Å²) >= 11 is 0. The highest BCUT2D eigenvalue weighted by Crippen LogP contribution is 2.23. The molecule has 2 N–H and O–H groups in total. The van der Waals surface area contributed by atoms with Crippen molar-refractivity contribution in [3.8, 4) is 0 Å². The van der Waals surface area contributed by atoms with Crippen molar-refractivity contribution in [3.63, 3.8) is 0 Å². The summed E-state index contributed by atoms with van der Waals surface area (Å²) in [5.74, 6) is 0.888. The maximum atomic E-state index is 10.4. The first-order valence-corrected chi connectivity index (χ1v) is 5.92. The minimum Gasteiger partial charge on any atom is -0.389 e. The molecule has 5 heteroatoms. The molecule has 0 aliphatic carbocycles. The molecule has 1 aromatic heterocycles. The van der Waals surface area contributed by atoms with Crippen molar-refractivity contribution < 1.29 is 5.11 Å². The first-order chi connectivity index (χ1) is 7.61. The molecule has 2 rings (SSSR count). The van der Waals surface area contributed by atoms with E-state index in [9.17, 15) is 5.11 Å². The molecule has 2 heterocycles. The highest BCUT2D eigenvalue weighted by Gasteiger charge is 2.31. The van der Waals surface area contributed by atoms with Gasteiger partial charge in [-0.1, -0.05) is 0 Å². The minimum atomic E-state index is -0.606. The molecule has 0 spiro atoms. The van der Waals surface area contributed by atoms with Crippen molar-refractivity contribution in [1.29, 1.82) is 0 Å². The topological polar surface area (TPSA) is 63.0 Å². The van der Waals surface area contributed by atoms with E-state index in [2.05, 4.69) is 29.2 Å². The highest BCUT2D eigenvalue weighted by atomic mass is 16.3. The van der Waals surface area contributed by atoms with Crippen molar-refractivity contribution in [2.75, 3.05) is 13.1 Å². The second kappa shape index (κ2) is 4.51. The summed E-state index contributed by atoms with van der Waals surface area (Å²) in [6.07, 6.45) is 3.75. The largest absolute Gasteiger partial charge is 0.389 e. The third-order valence-corrected chi connectivity index (χ3v) is 3.16. The van der Waals surface area contributed by atoms with Gasteiger partial charge in [0.15, 0.2) is 0 Å². The van der Waals surface area contributed by atoms with Gasteiger partial charge in [-0.25, -0.2) is 9.67 Å². The fraction of sp³-hybridized carbons (Fsp3) is 0.818. The van der Waals surface area contributed by atoms with Crippen molar-refractivity contribution >= 4 is 0 Å². The lowest BCUT2D eigenvalue weighted by Gasteiger charge is -2.32. The van der Waals surface area contributed by atoms with Gasteiger partial charge >= 0.3 is 0 Å². The molecular weight excluding hydrogens is 204 g/mol. The lowest BCUT2D eigenvalue weighted by atomic mass is 9.89. The predicted molar refractivity (Wildman–Crippen MR) is 61.2 cm³/mol. The number of hydrogen-bond acceptors (Lipinski definition) is 4. The van der Waals surface area contributed by atoms with E-state index in [1.165, 1.54) is 0 Å². The van der Waals surface area contributed by atoms with Crippen LogP contribution < -0.4 is 5.32 Å². The van der Waals surface area contributed by atoms with Crippen LogP contribution in [0.25, 0.3) is 0 Å². The Hall–Kier alpha value is -0.940. The molecule has 0 unspecified atom stereocenters. The van der Waals surface area contributed by atoms with E-state index >= 15 is 0 Å². The first kappa shape index (κ1) is 11.5. The Balaban J connectivity index is 2.10. The number of aromatic nitrogens is 3. The van der Waals surface area contributed by atoms with E-state index in [4.69, 9.17) is 0 Å². The first-order valence-electron chi connectivity index (χ1n) is 5.92. The molecular formula is C11H20N4O. The van der Waals surface area contributed by atoms with Crippen molar-refractivity contribution in [2.45, 2.75) is 44.8 Å². The smallest absolute Gasteiger partial charge is 0.138 e. The fourth-order valence-electron chi connectivity index (χ4n) is 2.20. The van der Waals surface area contributed by atoms with Gasteiger partial charge in [0.1, 0.15) is 12.2 Å². The number of nitrogens with one attached hydrogen (secondary N) is 1. The molecule has 0 amide bonds. The average molecular weight is 224 g/mol. The van der Waals surface area contributed by atoms with Crippen LogP contribution in [0.4, 0.5) is 0 Å². The number of nitrogens with zero attached hydrogens (tertiary/aromatic N) is 3. The van der Waals surface area contributed by atoms with Gasteiger partial charge in [-0.15, -0.1) is 0 Å². The second-order valence-electron chi connectivity index (χ2n) is 4.87. The maximum absolute atomic E-state index is 10.4. The molecule has 0 aromatic carbocycles. The Morgan fingerprint density at radius 2 is 2.19 bits per heavy atom. The van der Waals surface area contributed by atoms with Crippen LogP contribution in [0.5, 0.6) is 0 Å². The van der Waals surface area contributed by atoms with E-state index in [-0.39, 0.29) is 0 Å². The van der Waals surface area contributed by atoms with Gasteiger partial charge in [0.05, 0.1) is 5.60 Å². The molecule has 1 aliphatic heterocycles. The molecule has 1 aliphatic rings. The van der Waals surface area contributed by atoms with Crippen LogP contribution in [0.2, 0.25) is 0 Å². The zero-order valence-corrected chi connectivity index (χ0v) is 9.98. The summed E-state index contributed by atoms with van der Waals surface area (Å²) < 4.78 is 1.89. The van der Waals surface area contributed by atoms with Gasteiger partial charge in [-0.2, -0.15) is 5.10 Å². The molecule has 16 heavy (non-hydrogen) atoms. The van der Waals surface area contributed by atoms with Gasteiger partial charge in [-0.3, -0.25) is 0 Å². The lowest BCUT2D eigenvalue weighted by molar-refractivity contribution is 0.00799. The molecule has 90 valence electrons. The standard InChI is InChI=1S/C11H20N4O/c1-9(2)15-10(13-8-14-15)7-11(16)3-5-12-6-4-11/h8-9,12,16H,3-7H2,1-2H3. The Morgan fingerprint density at radius 3 is 2.81 bits per heavy atom. The van der Waals surface area contributed by atoms with E-state index < -0.39 is 5.60 Å². The SMILES string of the molecule is CC(C)n1ncnc1CC1(O)CCNCC1. The van der Waals surface area contributed by atoms with Crippen molar-refractivity contribution in [1.82, 2.24) is 20.1 Å². The lowest BCUT2D eigenvalue weighted by Crippen LogP contribution is -2.44. The summed E-state index contributed by atoms with van der Waals surface area (Å²) in [6, 6.07) is 0.294. The van der Waals surface area contributed by atoms with Crippen LogP contribution in [0.3, 0.4) is 0 Å². The third-order valence-electron chi connectivity index (χ3n) is 3.16. The summed E-state index contributed by atoms with van der Waals surface area (Å²) in [6.45, 7) is 5.91. The number of aliphatic hydroxyl groups is 1. The van der Waals surface area contributed by atoms with Crippen LogP contribution >= 0.6 is 0 Å². The van der Waals surface area contributed by atoms with E-state index in [1.807, 2.05) is 4.68 Å². The van der Waals surface area contributed by atoms with Crippen LogP contribution in [0, 0.1) is 0 Å². The summed E-state index contributed by atoms with van der Waals surface area (Å²) in [5, 5.41) is 17.9. The molecule has 1 fully saturated rings. The molecule has 0 saturated carbocycles. The van der Waals surface area contributed by atoms with Gasteiger partial charge in [0.2, 0.25) is 0 Å². The van der Waals surface area contributed by atoms with Crippen LogP contribution in [-0.4, -0.2) is 38.6 Å². The van der Waals surface area contributed by atoms with Gasteiger partial charge in [-0.05, 0) is 39.8 Å². The Kier molecular flexibility index (Phi) is 3.25. The monoisotopic (exact) mass is 224 g/mol. The molecule has 0 atom stereocenters. The third kappa shape index (κ3) is 2.41. The van der Waals surface area contributed by atoms with E-state index in [0.717, 1.165) is 31.8 Å².